The fourth-order valence-electron chi connectivity index (χ4n) is 1.86. The van der Waals surface area contributed by atoms with Crippen molar-refractivity contribution in [1.82, 2.24) is 0 Å². The fourth-order valence-corrected chi connectivity index (χ4v) is 3.15. The third-order valence-electron chi connectivity index (χ3n) is 3.02. The van der Waals surface area contributed by atoms with Gasteiger partial charge < -0.3 is 5.73 Å². The molecule has 0 atom stereocenters. The zero-order valence-corrected chi connectivity index (χ0v) is 13.4. The highest BCUT2D eigenvalue weighted by Gasteiger charge is 2.10. The van der Waals surface area contributed by atoms with Gasteiger partial charge in [-0.3, -0.25) is 10.1 Å². The average molecular weight is 353 g/mol. The molecule has 0 aliphatic rings. The number of benzene rings is 2. The normalized spacial score (nSPS) is 11.7. The Kier molecular flexibility index (Phi) is 5.02. The smallest absolute Gasteiger partial charge is 0.269 e. The lowest BCUT2D eigenvalue weighted by Gasteiger charge is -2.02. The SMILES string of the molecule is Nc1ccc(Cl)cc1/C=C/S(=O)(=O)Cc1ccc([N+](=O)[O-])cc1. The fraction of sp³-hybridized carbons (Fsp3) is 0.0667. The molecular formula is C15H13ClN2O4S. The largest absolute Gasteiger partial charge is 0.398 e. The van der Waals surface area contributed by atoms with Crippen LogP contribution in [0.5, 0.6) is 0 Å². The summed E-state index contributed by atoms with van der Waals surface area (Å²) >= 11 is 5.84. The van der Waals surface area contributed by atoms with Crippen LogP contribution >= 0.6 is 11.6 Å². The van der Waals surface area contributed by atoms with Gasteiger partial charge in [0.15, 0.2) is 9.84 Å². The van der Waals surface area contributed by atoms with Crippen LogP contribution in [0.4, 0.5) is 11.4 Å². The van der Waals surface area contributed by atoms with Gasteiger partial charge in [-0.2, -0.15) is 0 Å². The Balaban J connectivity index is 2.17. The van der Waals surface area contributed by atoms with E-state index in [1.54, 1.807) is 18.2 Å². The molecule has 2 aromatic rings. The Morgan fingerprint density at radius 3 is 2.43 bits per heavy atom. The molecule has 2 rings (SSSR count). The van der Waals surface area contributed by atoms with Gasteiger partial charge in [0.2, 0.25) is 0 Å². The zero-order valence-electron chi connectivity index (χ0n) is 11.8. The van der Waals surface area contributed by atoms with E-state index >= 15 is 0 Å². The Bertz CT molecular complexity index is 862. The summed E-state index contributed by atoms with van der Waals surface area (Å²) in [4.78, 5) is 10.0. The summed E-state index contributed by atoms with van der Waals surface area (Å²) in [6, 6.07) is 10.1. The van der Waals surface area contributed by atoms with E-state index in [0.29, 0.717) is 21.8 Å². The predicted octanol–water partition coefficient (Wildman–Crippen LogP) is 3.42. The van der Waals surface area contributed by atoms with Crippen LogP contribution in [0.1, 0.15) is 11.1 Å². The molecule has 2 aromatic carbocycles. The molecule has 0 saturated heterocycles. The summed E-state index contributed by atoms with van der Waals surface area (Å²) < 4.78 is 24.2. The molecule has 0 unspecified atom stereocenters. The quantitative estimate of drug-likeness (QED) is 0.504. The number of halogens is 1. The van der Waals surface area contributed by atoms with Crippen LogP contribution in [0.3, 0.4) is 0 Å². The van der Waals surface area contributed by atoms with E-state index in [9.17, 15) is 18.5 Å². The van der Waals surface area contributed by atoms with Crippen LogP contribution in [0.25, 0.3) is 6.08 Å². The molecule has 0 amide bonds. The molecule has 0 radical (unpaired) electrons. The molecule has 0 aromatic heterocycles. The number of nitrogens with two attached hydrogens (primary N) is 1. The van der Waals surface area contributed by atoms with Gasteiger partial charge in [0.05, 0.1) is 10.7 Å². The van der Waals surface area contributed by atoms with Gasteiger partial charge in [-0.25, -0.2) is 8.42 Å². The van der Waals surface area contributed by atoms with Gasteiger partial charge >= 0.3 is 0 Å². The second-order valence-electron chi connectivity index (χ2n) is 4.81. The van der Waals surface area contributed by atoms with Crippen molar-refractivity contribution >= 4 is 38.9 Å². The van der Waals surface area contributed by atoms with E-state index in [2.05, 4.69) is 0 Å². The lowest BCUT2D eigenvalue weighted by atomic mass is 10.2. The van der Waals surface area contributed by atoms with Crippen LogP contribution in [0, 0.1) is 10.1 Å². The van der Waals surface area contributed by atoms with Crippen molar-refractivity contribution in [2.24, 2.45) is 0 Å². The summed E-state index contributed by atoms with van der Waals surface area (Å²) in [6.07, 6.45) is 1.38. The molecule has 0 bridgehead atoms. The zero-order chi connectivity index (χ0) is 17.0. The summed E-state index contributed by atoms with van der Waals surface area (Å²) in [7, 11) is -3.54. The van der Waals surface area contributed by atoms with E-state index in [1.165, 1.54) is 30.3 Å². The van der Waals surface area contributed by atoms with Crippen molar-refractivity contribution in [3.05, 3.63) is 74.1 Å². The van der Waals surface area contributed by atoms with Gasteiger partial charge in [0, 0.05) is 28.3 Å². The van der Waals surface area contributed by atoms with Crippen LogP contribution in [0.15, 0.2) is 47.9 Å². The molecule has 0 heterocycles. The second kappa shape index (κ2) is 6.80. The van der Waals surface area contributed by atoms with Crippen molar-refractivity contribution in [2.75, 3.05) is 5.73 Å². The molecule has 0 aliphatic carbocycles. The number of nitro groups is 1. The van der Waals surface area contributed by atoms with Crippen LogP contribution in [-0.4, -0.2) is 13.3 Å². The maximum absolute atomic E-state index is 12.1. The van der Waals surface area contributed by atoms with E-state index in [1.807, 2.05) is 0 Å². The summed E-state index contributed by atoms with van der Waals surface area (Å²) in [5, 5.41) is 12.1. The Labute approximate surface area is 138 Å². The molecule has 0 spiro atoms. The topological polar surface area (TPSA) is 103 Å². The minimum atomic E-state index is -3.54. The standard InChI is InChI=1S/C15H13ClN2O4S/c16-13-3-6-15(17)12(9-13)7-8-23(21,22)10-11-1-4-14(5-2-11)18(19)20/h1-9H,10,17H2/b8-7+. The first-order valence-electron chi connectivity index (χ1n) is 6.46. The number of nitro benzene ring substituents is 1. The third kappa shape index (κ3) is 4.80. The van der Waals surface area contributed by atoms with Crippen LogP contribution in [-0.2, 0) is 15.6 Å². The molecule has 0 fully saturated rings. The molecule has 120 valence electrons. The van der Waals surface area contributed by atoms with Crippen molar-refractivity contribution < 1.29 is 13.3 Å². The Hall–Kier alpha value is -2.38. The van der Waals surface area contributed by atoms with Crippen LogP contribution < -0.4 is 5.73 Å². The first-order valence-corrected chi connectivity index (χ1v) is 8.55. The van der Waals surface area contributed by atoms with Crippen molar-refractivity contribution in [3.63, 3.8) is 0 Å². The number of non-ortho nitro benzene ring substituents is 1. The van der Waals surface area contributed by atoms with E-state index < -0.39 is 14.8 Å². The average Bonchev–Trinajstić information content (AvgIpc) is 2.48. The lowest BCUT2D eigenvalue weighted by Crippen LogP contribution is -2.00. The summed E-state index contributed by atoms with van der Waals surface area (Å²) in [6.45, 7) is 0. The molecule has 8 heteroatoms. The van der Waals surface area contributed by atoms with Gasteiger partial charge in [-0.15, -0.1) is 0 Å². The monoisotopic (exact) mass is 352 g/mol. The molecule has 0 aliphatic heterocycles. The van der Waals surface area contributed by atoms with Crippen molar-refractivity contribution in [3.8, 4) is 0 Å². The summed E-state index contributed by atoms with van der Waals surface area (Å²) in [5.74, 6) is -0.262. The molecule has 0 saturated carbocycles. The van der Waals surface area contributed by atoms with Crippen molar-refractivity contribution in [1.29, 1.82) is 0 Å². The first-order chi connectivity index (χ1) is 10.8. The second-order valence-corrected chi connectivity index (χ2v) is 7.13. The first kappa shape index (κ1) is 17.0. The number of hydrogen-bond donors (Lipinski definition) is 1. The number of nitrogen functional groups attached to an aromatic ring is 1. The molecular weight excluding hydrogens is 340 g/mol. The third-order valence-corrected chi connectivity index (χ3v) is 4.54. The number of sulfone groups is 1. The number of nitrogens with zero attached hydrogens (tertiary/aromatic N) is 1. The highest BCUT2D eigenvalue weighted by Crippen LogP contribution is 2.20. The maximum Gasteiger partial charge on any atom is 0.269 e. The van der Waals surface area contributed by atoms with E-state index in [-0.39, 0.29) is 11.4 Å². The maximum atomic E-state index is 12.1. The van der Waals surface area contributed by atoms with E-state index in [0.717, 1.165) is 5.41 Å². The Morgan fingerprint density at radius 1 is 1.17 bits per heavy atom. The highest BCUT2D eigenvalue weighted by molar-refractivity contribution is 7.93. The number of hydrogen-bond acceptors (Lipinski definition) is 5. The molecule has 6 nitrogen and oxygen atoms in total. The molecule has 23 heavy (non-hydrogen) atoms. The Morgan fingerprint density at radius 2 is 1.83 bits per heavy atom. The van der Waals surface area contributed by atoms with Gasteiger partial charge in [0.25, 0.3) is 5.69 Å². The van der Waals surface area contributed by atoms with Gasteiger partial charge in [-0.1, -0.05) is 23.7 Å². The minimum absolute atomic E-state index is 0.0895. The van der Waals surface area contributed by atoms with Crippen molar-refractivity contribution in [2.45, 2.75) is 5.75 Å². The minimum Gasteiger partial charge on any atom is -0.398 e. The summed E-state index contributed by atoms with van der Waals surface area (Å²) in [5.41, 5.74) is 7.03. The number of rotatable bonds is 5. The van der Waals surface area contributed by atoms with Crippen LogP contribution in [0.2, 0.25) is 5.02 Å². The van der Waals surface area contributed by atoms with Gasteiger partial charge in [-0.05, 0) is 35.4 Å². The predicted molar refractivity (Wildman–Crippen MR) is 90.6 cm³/mol. The molecule has 2 N–H and O–H groups in total. The van der Waals surface area contributed by atoms with E-state index in [4.69, 9.17) is 17.3 Å². The van der Waals surface area contributed by atoms with Gasteiger partial charge in [0.1, 0.15) is 0 Å². The highest BCUT2D eigenvalue weighted by atomic mass is 35.5. The number of anilines is 1. The lowest BCUT2D eigenvalue weighted by molar-refractivity contribution is -0.384.